The van der Waals surface area contributed by atoms with E-state index in [4.69, 9.17) is 4.74 Å². The van der Waals surface area contributed by atoms with E-state index in [1.165, 1.54) is 0 Å². The predicted octanol–water partition coefficient (Wildman–Crippen LogP) is 3.39. The average Bonchev–Trinajstić information content (AvgIpc) is 2.65. The summed E-state index contributed by atoms with van der Waals surface area (Å²) >= 11 is 3.49. The highest BCUT2D eigenvalue weighted by molar-refractivity contribution is 9.10. The Balaban J connectivity index is 2.31. The number of nitrogens with one attached hydrogen (secondary N) is 1. The molecule has 0 unspecified atom stereocenters. The normalized spacial score (nSPS) is 10.7. The van der Waals surface area contributed by atoms with Gasteiger partial charge in [-0.2, -0.15) is 5.10 Å². The lowest BCUT2D eigenvalue weighted by Crippen LogP contribution is -2.12. The number of aryl methyl sites for hydroxylation is 2. The maximum absolute atomic E-state index is 6.00. The Morgan fingerprint density at radius 3 is 2.79 bits per heavy atom. The minimum absolute atomic E-state index is 0.760. The van der Waals surface area contributed by atoms with Gasteiger partial charge in [0, 0.05) is 13.6 Å². The first-order chi connectivity index (χ1) is 9.13. The SMILES string of the molecule is CCNCc1c(C)nn(C)c1Oc1ccccc1Br. The van der Waals surface area contributed by atoms with Gasteiger partial charge in [-0.1, -0.05) is 19.1 Å². The van der Waals surface area contributed by atoms with Crippen LogP contribution in [0.4, 0.5) is 0 Å². The van der Waals surface area contributed by atoms with Crippen molar-refractivity contribution in [1.82, 2.24) is 15.1 Å². The summed E-state index contributed by atoms with van der Waals surface area (Å²) in [5.74, 6) is 1.58. The molecule has 2 aromatic rings. The molecule has 2 rings (SSSR count). The van der Waals surface area contributed by atoms with Gasteiger partial charge in [-0.05, 0) is 41.5 Å². The van der Waals surface area contributed by atoms with Gasteiger partial charge in [-0.25, -0.2) is 4.68 Å². The molecule has 0 spiro atoms. The van der Waals surface area contributed by atoms with E-state index in [9.17, 15) is 0 Å². The summed E-state index contributed by atoms with van der Waals surface area (Å²) in [5, 5.41) is 7.74. The molecule has 102 valence electrons. The number of rotatable bonds is 5. The molecule has 5 heteroatoms. The molecule has 0 saturated heterocycles. The average molecular weight is 324 g/mol. The van der Waals surface area contributed by atoms with Crippen molar-refractivity contribution >= 4 is 15.9 Å². The second kappa shape index (κ2) is 6.21. The molecular weight excluding hydrogens is 306 g/mol. The Bertz CT molecular complexity index is 566. The molecule has 0 aliphatic heterocycles. The summed E-state index contributed by atoms with van der Waals surface area (Å²) in [7, 11) is 1.90. The van der Waals surface area contributed by atoms with Gasteiger partial charge in [0.15, 0.2) is 0 Å². The van der Waals surface area contributed by atoms with Gasteiger partial charge in [0.2, 0.25) is 5.88 Å². The van der Waals surface area contributed by atoms with Gasteiger partial charge in [0.25, 0.3) is 0 Å². The van der Waals surface area contributed by atoms with Gasteiger partial charge in [0.05, 0.1) is 15.7 Å². The Morgan fingerprint density at radius 1 is 1.37 bits per heavy atom. The van der Waals surface area contributed by atoms with Crippen LogP contribution in [0.2, 0.25) is 0 Å². The molecule has 1 aromatic carbocycles. The number of benzene rings is 1. The first kappa shape index (κ1) is 14.1. The maximum atomic E-state index is 6.00. The van der Waals surface area contributed by atoms with Crippen molar-refractivity contribution in [3.63, 3.8) is 0 Å². The number of nitrogens with zero attached hydrogens (tertiary/aromatic N) is 2. The van der Waals surface area contributed by atoms with Gasteiger partial charge in [-0.15, -0.1) is 0 Å². The number of hydrogen-bond acceptors (Lipinski definition) is 3. The fourth-order valence-corrected chi connectivity index (χ4v) is 2.26. The van der Waals surface area contributed by atoms with E-state index in [2.05, 4.69) is 33.3 Å². The van der Waals surface area contributed by atoms with Crippen LogP contribution in [0.5, 0.6) is 11.6 Å². The highest BCUT2D eigenvalue weighted by Gasteiger charge is 2.15. The van der Waals surface area contributed by atoms with E-state index in [0.717, 1.165) is 40.4 Å². The number of ether oxygens (including phenoxy) is 1. The van der Waals surface area contributed by atoms with Crippen LogP contribution in [-0.2, 0) is 13.6 Å². The van der Waals surface area contributed by atoms with Gasteiger partial charge < -0.3 is 10.1 Å². The van der Waals surface area contributed by atoms with E-state index in [0.29, 0.717) is 0 Å². The molecule has 19 heavy (non-hydrogen) atoms. The van der Waals surface area contributed by atoms with E-state index in [-0.39, 0.29) is 0 Å². The fraction of sp³-hybridized carbons (Fsp3) is 0.357. The van der Waals surface area contributed by atoms with Crippen LogP contribution in [-0.4, -0.2) is 16.3 Å². The fourth-order valence-electron chi connectivity index (χ4n) is 1.89. The molecule has 1 heterocycles. The third-order valence-corrected chi connectivity index (χ3v) is 3.54. The lowest BCUT2D eigenvalue weighted by molar-refractivity contribution is 0.422. The smallest absolute Gasteiger partial charge is 0.222 e. The van der Waals surface area contributed by atoms with E-state index >= 15 is 0 Å². The molecule has 0 bridgehead atoms. The first-order valence-corrected chi connectivity index (χ1v) is 7.08. The van der Waals surface area contributed by atoms with Crippen LogP contribution >= 0.6 is 15.9 Å². The first-order valence-electron chi connectivity index (χ1n) is 6.29. The van der Waals surface area contributed by atoms with Crippen molar-refractivity contribution in [3.05, 3.63) is 40.0 Å². The highest BCUT2D eigenvalue weighted by Crippen LogP contribution is 2.32. The molecule has 0 aliphatic rings. The minimum atomic E-state index is 0.760. The van der Waals surface area contributed by atoms with Crippen molar-refractivity contribution < 1.29 is 4.74 Å². The quantitative estimate of drug-likeness (QED) is 0.916. The monoisotopic (exact) mass is 323 g/mol. The van der Waals surface area contributed by atoms with E-state index in [1.807, 2.05) is 38.2 Å². The third-order valence-electron chi connectivity index (χ3n) is 2.88. The minimum Gasteiger partial charge on any atom is -0.438 e. The summed E-state index contributed by atoms with van der Waals surface area (Å²) in [5.41, 5.74) is 2.09. The summed E-state index contributed by atoms with van der Waals surface area (Å²) in [4.78, 5) is 0. The second-order valence-corrected chi connectivity index (χ2v) is 5.16. The van der Waals surface area contributed by atoms with Crippen LogP contribution < -0.4 is 10.1 Å². The van der Waals surface area contributed by atoms with Gasteiger partial charge in [0.1, 0.15) is 5.75 Å². The van der Waals surface area contributed by atoms with Crippen molar-refractivity contribution in [2.75, 3.05) is 6.54 Å². The standard InChI is InChI=1S/C14H18BrN3O/c1-4-16-9-11-10(2)17-18(3)14(11)19-13-8-6-5-7-12(13)15/h5-8,16H,4,9H2,1-3H3. The summed E-state index contributed by atoms with van der Waals surface area (Å²) in [6, 6.07) is 7.81. The van der Waals surface area contributed by atoms with Crippen LogP contribution in [0.3, 0.4) is 0 Å². The Kier molecular flexibility index (Phi) is 4.61. The molecule has 0 amide bonds. The Labute approximate surface area is 121 Å². The zero-order chi connectivity index (χ0) is 13.8. The second-order valence-electron chi connectivity index (χ2n) is 4.31. The third kappa shape index (κ3) is 3.16. The number of hydrogen-bond donors (Lipinski definition) is 1. The van der Waals surface area contributed by atoms with Crippen molar-refractivity contribution in [2.24, 2.45) is 7.05 Å². The molecule has 1 aromatic heterocycles. The van der Waals surface area contributed by atoms with E-state index < -0.39 is 0 Å². The van der Waals surface area contributed by atoms with Crippen molar-refractivity contribution in [1.29, 1.82) is 0 Å². The number of halogens is 1. The molecule has 4 nitrogen and oxygen atoms in total. The van der Waals surface area contributed by atoms with Crippen molar-refractivity contribution in [3.8, 4) is 11.6 Å². The largest absolute Gasteiger partial charge is 0.438 e. The van der Waals surface area contributed by atoms with Crippen LogP contribution in [0, 0.1) is 6.92 Å². The number of aromatic nitrogens is 2. The predicted molar refractivity (Wildman–Crippen MR) is 79.5 cm³/mol. The molecule has 0 radical (unpaired) electrons. The van der Waals surface area contributed by atoms with E-state index in [1.54, 1.807) is 4.68 Å². The highest BCUT2D eigenvalue weighted by atomic mass is 79.9. The molecule has 0 aliphatic carbocycles. The van der Waals surface area contributed by atoms with Gasteiger partial charge >= 0.3 is 0 Å². The molecular formula is C14H18BrN3O. The summed E-state index contributed by atoms with van der Waals surface area (Å²) in [6.45, 7) is 5.76. The molecule has 1 N–H and O–H groups in total. The van der Waals surface area contributed by atoms with Gasteiger partial charge in [-0.3, -0.25) is 0 Å². The number of para-hydroxylation sites is 1. The topological polar surface area (TPSA) is 39.1 Å². The Hall–Kier alpha value is -1.33. The summed E-state index contributed by atoms with van der Waals surface area (Å²) < 4.78 is 8.72. The molecule has 0 atom stereocenters. The maximum Gasteiger partial charge on any atom is 0.222 e. The van der Waals surface area contributed by atoms with Crippen LogP contribution in [0.15, 0.2) is 28.7 Å². The summed E-state index contributed by atoms with van der Waals surface area (Å²) in [6.07, 6.45) is 0. The lowest BCUT2D eigenvalue weighted by Gasteiger charge is -2.10. The zero-order valence-corrected chi connectivity index (χ0v) is 13.0. The zero-order valence-electron chi connectivity index (χ0n) is 11.4. The van der Waals surface area contributed by atoms with Crippen LogP contribution in [0.25, 0.3) is 0 Å². The van der Waals surface area contributed by atoms with Crippen LogP contribution in [0.1, 0.15) is 18.2 Å². The Morgan fingerprint density at radius 2 is 2.11 bits per heavy atom. The van der Waals surface area contributed by atoms with Crippen molar-refractivity contribution in [2.45, 2.75) is 20.4 Å². The molecule has 0 fully saturated rings. The lowest BCUT2D eigenvalue weighted by atomic mass is 10.2. The molecule has 0 saturated carbocycles.